The van der Waals surface area contributed by atoms with E-state index in [9.17, 15) is 22.8 Å². The predicted octanol–water partition coefficient (Wildman–Crippen LogP) is 2.35. The Morgan fingerprint density at radius 3 is 2.53 bits per heavy atom. The first-order valence-electron chi connectivity index (χ1n) is 11.0. The second-order valence-electron chi connectivity index (χ2n) is 8.06. The normalized spacial score (nSPS) is 13.9. The van der Waals surface area contributed by atoms with Crippen LogP contribution in [-0.4, -0.2) is 52.3 Å². The van der Waals surface area contributed by atoms with Gasteiger partial charge < -0.3 is 26.8 Å². The highest BCUT2D eigenvalue weighted by Crippen LogP contribution is 2.16. The number of benzene rings is 1. The minimum absolute atomic E-state index is 0.151. The standard InChI is InChI=1S/C20H27ClN6O2.C2HF3O2/c1-13-18(21)26-19(24-11-14-5-7-23-8-6-14)20(29)27(13)12-17(28)25-16-4-2-3-15(9-16)10-22;3-2(4,5)1(6)7/h2-4,9,14,23H,5-8,10-12,22H2,1H3,(H,24,26)(H,25,28);(H,6,7). The van der Waals surface area contributed by atoms with Crippen LogP contribution in [0.25, 0.3) is 0 Å². The molecular formula is C22H28ClF3N6O4. The first-order chi connectivity index (χ1) is 16.9. The highest BCUT2D eigenvalue weighted by atomic mass is 35.5. The van der Waals surface area contributed by atoms with Crippen LogP contribution in [0.4, 0.5) is 24.7 Å². The molecule has 36 heavy (non-hydrogen) atoms. The zero-order chi connectivity index (χ0) is 26.9. The molecule has 0 radical (unpaired) electrons. The number of hydrogen-bond donors (Lipinski definition) is 5. The summed E-state index contributed by atoms with van der Waals surface area (Å²) < 4.78 is 33.1. The summed E-state index contributed by atoms with van der Waals surface area (Å²) in [6.07, 6.45) is -2.99. The minimum Gasteiger partial charge on any atom is -0.475 e. The van der Waals surface area contributed by atoms with Crippen molar-refractivity contribution in [1.29, 1.82) is 0 Å². The van der Waals surface area contributed by atoms with Gasteiger partial charge >= 0.3 is 12.1 Å². The van der Waals surface area contributed by atoms with Crippen molar-refractivity contribution in [1.82, 2.24) is 14.9 Å². The lowest BCUT2D eigenvalue weighted by Gasteiger charge is -2.23. The van der Waals surface area contributed by atoms with Crippen LogP contribution < -0.4 is 27.2 Å². The Morgan fingerprint density at radius 2 is 1.94 bits per heavy atom. The number of carbonyl (C=O) groups is 2. The van der Waals surface area contributed by atoms with Crippen LogP contribution in [0, 0.1) is 12.8 Å². The maximum absolute atomic E-state index is 12.9. The van der Waals surface area contributed by atoms with Crippen molar-refractivity contribution in [3.63, 3.8) is 0 Å². The van der Waals surface area contributed by atoms with E-state index in [1.54, 1.807) is 19.1 Å². The fraction of sp³-hybridized carbons (Fsp3) is 0.455. The molecule has 10 nitrogen and oxygen atoms in total. The van der Waals surface area contributed by atoms with Gasteiger partial charge in [-0.2, -0.15) is 13.2 Å². The number of alkyl halides is 3. The van der Waals surface area contributed by atoms with Gasteiger partial charge in [-0.1, -0.05) is 23.7 Å². The van der Waals surface area contributed by atoms with Crippen molar-refractivity contribution >= 4 is 35.0 Å². The van der Waals surface area contributed by atoms with Crippen LogP contribution in [0.5, 0.6) is 0 Å². The average molecular weight is 533 g/mol. The number of anilines is 2. The lowest BCUT2D eigenvalue weighted by Crippen LogP contribution is -2.34. The molecule has 3 rings (SSSR count). The van der Waals surface area contributed by atoms with E-state index in [0.29, 0.717) is 30.4 Å². The molecule has 0 unspecified atom stereocenters. The lowest BCUT2D eigenvalue weighted by atomic mass is 9.98. The number of nitrogens with one attached hydrogen (secondary N) is 3. The van der Waals surface area contributed by atoms with Crippen LogP contribution in [-0.2, 0) is 22.7 Å². The number of aliphatic carboxylic acids is 1. The molecule has 1 aromatic heterocycles. The Morgan fingerprint density at radius 1 is 1.31 bits per heavy atom. The maximum atomic E-state index is 12.9. The SMILES string of the molecule is Cc1c(Cl)nc(NCC2CCNCC2)c(=O)n1CC(=O)Nc1cccc(CN)c1.O=C(O)C(F)(F)F. The Hall–Kier alpha value is -3.16. The first-order valence-corrected chi connectivity index (χ1v) is 11.4. The fourth-order valence-electron chi connectivity index (χ4n) is 3.37. The molecule has 2 aromatic rings. The van der Waals surface area contributed by atoms with E-state index < -0.39 is 12.1 Å². The number of aromatic nitrogens is 2. The summed E-state index contributed by atoms with van der Waals surface area (Å²) >= 11 is 6.23. The molecule has 1 aliphatic rings. The summed E-state index contributed by atoms with van der Waals surface area (Å²) in [7, 11) is 0. The number of nitrogens with two attached hydrogens (primary N) is 1. The zero-order valence-corrected chi connectivity index (χ0v) is 20.2. The van der Waals surface area contributed by atoms with Gasteiger partial charge in [0.2, 0.25) is 5.91 Å². The molecule has 0 spiro atoms. The van der Waals surface area contributed by atoms with Crippen molar-refractivity contribution < 1.29 is 27.9 Å². The number of rotatable bonds is 7. The lowest BCUT2D eigenvalue weighted by molar-refractivity contribution is -0.192. The molecule has 14 heteroatoms. The van der Waals surface area contributed by atoms with Crippen LogP contribution >= 0.6 is 11.6 Å². The number of carboxylic acid groups (broad SMARTS) is 1. The van der Waals surface area contributed by atoms with Gasteiger partial charge in [-0.15, -0.1) is 0 Å². The van der Waals surface area contributed by atoms with Crippen molar-refractivity contribution in [2.75, 3.05) is 30.3 Å². The van der Waals surface area contributed by atoms with E-state index in [4.69, 9.17) is 27.2 Å². The maximum Gasteiger partial charge on any atom is 0.490 e. The number of carbonyl (C=O) groups excluding carboxylic acids is 1. The van der Waals surface area contributed by atoms with E-state index in [-0.39, 0.29) is 29.0 Å². The van der Waals surface area contributed by atoms with Gasteiger partial charge in [0.15, 0.2) is 11.0 Å². The van der Waals surface area contributed by atoms with Crippen molar-refractivity contribution in [3.8, 4) is 0 Å². The molecule has 0 bridgehead atoms. The Bertz CT molecular complexity index is 1120. The highest BCUT2D eigenvalue weighted by Gasteiger charge is 2.38. The average Bonchev–Trinajstić information content (AvgIpc) is 2.83. The van der Waals surface area contributed by atoms with Gasteiger partial charge in [0, 0.05) is 18.8 Å². The number of amides is 1. The summed E-state index contributed by atoms with van der Waals surface area (Å²) in [4.78, 5) is 38.5. The summed E-state index contributed by atoms with van der Waals surface area (Å²) in [5, 5.41) is 16.6. The van der Waals surface area contributed by atoms with Gasteiger partial charge in [0.05, 0.1) is 5.69 Å². The molecule has 2 heterocycles. The van der Waals surface area contributed by atoms with Gasteiger partial charge in [0.25, 0.3) is 5.56 Å². The number of hydrogen-bond acceptors (Lipinski definition) is 7. The molecule has 1 aromatic carbocycles. The molecule has 0 atom stereocenters. The number of carboxylic acids is 1. The third-order valence-electron chi connectivity index (χ3n) is 5.37. The molecule has 1 aliphatic heterocycles. The quantitative estimate of drug-likeness (QED) is 0.364. The van der Waals surface area contributed by atoms with Gasteiger partial charge in [-0.05, 0) is 56.5 Å². The summed E-state index contributed by atoms with van der Waals surface area (Å²) in [6.45, 7) is 4.52. The summed E-state index contributed by atoms with van der Waals surface area (Å²) in [5.74, 6) is -2.43. The third kappa shape index (κ3) is 8.81. The van der Waals surface area contributed by atoms with Crippen LogP contribution in [0.2, 0.25) is 5.15 Å². The number of halogens is 4. The Balaban J connectivity index is 0.000000572. The van der Waals surface area contributed by atoms with Crippen molar-refractivity contribution in [2.24, 2.45) is 11.7 Å². The van der Waals surface area contributed by atoms with Crippen LogP contribution in [0.15, 0.2) is 29.1 Å². The zero-order valence-electron chi connectivity index (χ0n) is 19.5. The molecule has 1 amide bonds. The van der Waals surface area contributed by atoms with Gasteiger partial charge in [-0.25, -0.2) is 9.78 Å². The van der Waals surface area contributed by atoms with E-state index in [0.717, 1.165) is 31.5 Å². The fourth-order valence-corrected chi connectivity index (χ4v) is 3.56. The van der Waals surface area contributed by atoms with E-state index >= 15 is 0 Å². The smallest absolute Gasteiger partial charge is 0.475 e. The van der Waals surface area contributed by atoms with Gasteiger partial charge in [0.1, 0.15) is 6.54 Å². The Kier molecular flexibility index (Phi) is 10.7. The largest absolute Gasteiger partial charge is 0.490 e. The third-order valence-corrected chi connectivity index (χ3v) is 5.73. The molecular weight excluding hydrogens is 505 g/mol. The van der Waals surface area contributed by atoms with E-state index in [2.05, 4.69) is 20.9 Å². The monoisotopic (exact) mass is 532 g/mol. The minimum atomic E-state index is -5.08. The Labute approximate surface area is 210 Å². The second-order valence-corrected chi connectivity index (χ2v) is 8.42. The second kappa shape index (κ2) is 13.2. The highest BCUT2D eigenvalue weighted by molar-refractivity contribution is 6.30. The molecule has 6 N–H and O–H groups in total. The number of piperidine rings is 1. The topological polar surface area (TPSA) is 151 Å². The molecule has 198 valence electrons. The summed E-state index contributed by atoms with van der Waals surface area (Å²) in [6, 6.07) is 7.28. The van der Waals surface area contributed by atoms with Crippen LogP contribution in [0.3, 0.4) is 0 Å². The molecule has 0 saturated carbocycles. The van der Waals surface area contributed by atoms with E-state index in [1.807, 2.05) is 12.1 Å². The molecule has 0 aliphatic carbocycles. The summed E-state index contributed by atoms with van der Waals surface area (Å²) in [5.41, 5.74) is 7.28. The first kappa shape index (κ1) is 29.1. The predicted molar refractivity (Wildman–Crippen MR) is 129 cm³/mol. The van der Waals surface area contributed by atoms with Gasteiger partial charge in [-0.3, -0.25) is 14.2 Å². The molecule has 1 fully saturated rings. The van der Waals surface area contributed by atoms with E-state index in [1.165, 1.54) is 4.57 Å². The van der Waals surface area contributed by atoms with Crippen molar-refractivity contribution in [2.45, 2.75) is 39.0 Å². The van der Waals surface area contributed by atoms with Crippen LogP contribution in [0.1, 0.15) is 24.1 Å². The molecule has 1 saturated heterocycles. The number of nitrogens with zero attached hydrogens (tertiary/aromatic N) is 2. The van der Waals surface area contributed by atoms with Crippen molar-refractivity contribution in [3.05, 3.63) is 51.0 Å².